The van der Waals surface area contributed by atoms with Crippen molar-refractivity contribution in [1.82, 2.24) is 10.2 Å². The first-order valence-corrected chi connectivity index (χ1v) is 7.58. The maximum Gasteiger partial charge on any atom is 0.323 e. The topological polar surface area (TPSA) is 78.5 Å². The van der Waals surface area contributed by atoms with E-state index < -0.39 is 23.8 Å². The summed E-state index contributed by atoms with van der Waals surface area (Å²) in [6.45, 7) is 0.00133. The van der Waals surface area contributed by atoms with E-state index in [0.29, 0.717) is 5.69 Å². The zero-order valence-electron chi connectivity index (χ0n) is 13.2. The summed E-state index contributed by atoms with van der Waals surface area (Å²) in [4.78, 5) is 37.0. The van der Waals surface area contributed by atoms with Crippen LogP contribution in [-0.2, 0) is 9.59 Å². The highest BCUT2D eigenvalue weighted by Gasteiger charge is 2.36. The molecule has 0 saturated carbocycles. The van der Waals surface area contributed by atoms with Gasteiger partial charge in [0.1, 0.15) is 5.92 Å². The Bertz CT molecular complexity index is 789. The van der Waals surface area contributed by atoms with Crippen molar-refractivity contribution in [1.29, 1.82) is 0 Å². The van der Waals surface area contributed by atoms with E-state index in [1.165, 1.54) is 7.05 Å². The summed E-state index contributed by atoms with van der Waals surface area (Å²) in [5.41, 5.74) is 2.46. The van der Waals surface area contributed by atoms with Gasteiger partial charge in [0.05, 0.1) is 0 Å². The molecule has 0 aromatic heterocycles. The first-order valence-electron chi connectivity index (χ1n) is 7.58. The average Bonchev–Trinajstić information content (AvgIpc) is 2.61. The summed E-state index contributed by atoms with van der Waals surface area (Å²) in [5.74, 6) is -1.87. The van der Waals surface area contributed by atoms with Gasteiger partial charge in [-0.25, -0.2) is 4.79 Å². The molecule has 1 fully saturated rings. The average molecular weight is 323 g/mol. The Hall–Kier alpha value is -3.15. The van der Waals surface area contributed by atoms with Crippen LogP contribution in [0.5, 0.6) is 0 Å². The Morgan fingerprint density at radius 2 is 1.75 bits per heavy atom. The molecule has 1 aliphatic heterocycles. The summed E-state index contributed by atoms with van der Waals surface area (Å²) in [6.07, 6.45) is 0. The van der Waals surface area contributed by atoms with E-state index in [1.54, 1.807) is 6.07 Å². The second kappa shape index (κ2) is 6.54. The van der Waals surface area contributed by atoms with Gasteiger partial charge in [-0.1, -0.05) is 48.5 Å². The van der Waals surface area contributed by atoms with E-state index in [0.717, 1.165) is 16.0 Å². The Kier molecular flexibility index (Phi) is 4.29. The lowest BCUT2D eigenvalue weighted by atomic mass is 10.0. The number of urea groups is 1. The van der Waals surface area contributed by atoms with E-state index in [-0.39, 0.29) is 6.54 Å². The molecule has 1 saturated heterocycles. The number of anilines is 1. The highest BCUT2D eigenvalue weighted by molar-refractivity contribution is 6.12. The van der Waals surface area contributed by atoms with Crippen molar-refractivity contribution in [3.05, 3.63) is 54.6 Å². The van der Waals surface area contributed by atoms with Crippen LogP contribution < -0.4 is 10.6 Å². The lowest BCUT2D eigenvalue weighted by Gasteiger charge is -2.28. The third-order valence-electron chi connectivity index (χ3n) is 3.98. The van der Waals surface area contributed by atoms with Gasteiger partial charge >= 0.3 is 6.03 Å². The molecule has 4 amide bonds. The van der Waals surface area contributed by atoms with Crippen molar-refractivity contribution in [2.45, 2.75) is 0 Å². The number of imide groups is 1. The highest BCUT2D eigenvalue weighted by atomic mass is 16.2. The molecule has 1 atom stereocenters. The van der Waals surface area contributed by atoms with E-state index in [1.807, 2.05) is 48.5 Å². The Balaban J connectivity index is 1.83. The molecule has 1 heterocycles. The molecule has 0 radical (unpaired) electrons. The number of benzene rings is 2. The SMILES string of the molecule is CN1C(=O)NCC(C(=O)Nc2ccccc2-c2ccccc2)C1=O. The number of nitrogens with one attached hydrogen (secondary N) is 2. The summed E-state index contributed by atoms with van der Waals surface area (Å²) in [6, 6.07) is 16.6. The van der Waals surface area contributed by atoms with Crippen LogP contribution in [0.4, 0.5) is 10.5 Å². The number of para-hydroxylation sites is 1. The van der Waals surface area contributed by atoms with Crippen molar-refractivity contribution in [3.8, 4) is 11.1 Å². The maximum absolute atomic E-state index is 12.5. The normalized spacial score (nSPS) is 17.4. The number of carbonyl (C=O) groups is 3. The molecule has 1 aliphatic rings. The second-order valence-electron chi connectivity index (χ2n) is 5.54. The van der Waals surface area contributed by atoms with Crippen LogP contribution in [0.3, 0.4) is 0 Å². The van der Waals surface area contributed by atoms with Crippen LogP contribution in [0.1, 0.15) is 0 Å². The second-order valence-corrected chi connectivity index (χ2v) is 5.54. The number of rotatable bonds is 3. The van der Waals surface area contributed by atoms with Gasteiger partial charge in [-0.2, -0.15) is 0 Å². The Morgan fingerprint density at radius 3 is 2.50 bits per heavy atom. The molecule has 2 aromatic carbocycles. The quantitative estimate of drug-likeness (QED) is 0.849. The van der Waals surface area contributed by atoms with Crippen LogP contribution in [0.25, 0.3) is 11.1 Å². The van der Waals surface area contributed by atoms with Gasteiger partial charge in [-0.15, -0.1) is 0 Å². The Labute approximate surface area is 139 Å². The lowest BCUT2D eigenvalue weighted by Crippen LogP contribution is -2.56. The molecule has 2 aromatic rings. The van der Waals surface area contributed by atoms with E-state index in [9.17, 15) is 14.4 Å². The fraction of sp³-hybridized carbons (Fsp3) is 0.167. The van der Waals surface area contributed by atoms with Gasteiger partial charge in [0.25, 0.3) is 0 Å². The molecule has 0 bridgehead atoms. The molecule has 6 nitrogen and oxygen atoms in total. The monoisotopic (exact) mass is 323 g/mol. The van der Waals surface area contributed by atoms with Gasteiger partial charge in [-0.3, -0.25) is 14.5 Å². The molecule has 122 valence electrons. The van der Waals surface area contributed by atoms with Gasteiger partial charge in [0.15, 0.2) is 0 Å². The van der Waals surface area contributed by atoms with E-state index >= 15 is 0 Å². The van der Waals surface area contributed by atoms with Crippen LogP contribution in [0, 0.1) is 5.92 Å². The van der Waals surface area contributed by atoms with Crippen LogP contribution in [0.15, 0.2) is 54.6 Å². The summed E-state index contributed by atoms with van der Waals surface area (Å²) >= 11 is 0. The standard InChI is InChI=1S/C18H17N3O3/c1-21-17(23)14(11-19-18(21)24)16(22)20-15-10-6-5-9-13(15)12-7-3-2-4-8-12/h2-10,14H,11H2,1H3,(H,19,24)(H,20,22). The lowest BCUT2D eigenvalue weighted by molar-refractivity contribution is -0.138. The highest BCUT2D eigenvalue weighted by Crippen LogP contribution is 2.28. The number of nitrogens with zero attached hydrogens (tertiary/aromatic N) is 1. The van der Waals surface area contributed by atoms with Gasteiger partial charge in [-0.05, 0) is 11.6 Å². The molecule has 24 heavy (non-hydrogen) atoms. The molecule has 1 unspecified atom stereocenters. The van der Waals surface area contributed by atoms with Crippen LogP contribution >= 0.6 is 0 Å². The molecular weight excluding hydrogens is 306 g/mol. The largest absolute Gasteiger partial charge is 0.336 e. The molecule has 3 rings (SSSR count). The summed E-state index contributed by atoms with van der Waals surface area (Å²) in [7, 11) is 1.36. The van der Waals surface area contributed by atoms with Crippen molar-refractivity contribution in [2.75, 3.05) is 18.9 Å². The number of hydrogen-bond donors (Lipinski definition) is 2. The van der Waals surface area contributed by atoms with Gasteiger partial charge < -0.3 is 10.6 Å². The first kappa shape index (κ1) is 15.7. The minimum absolute atomic E-state index is 0.00133. The third-order valence-corrected chi connectivity index (χ3v) is 3.98. The summed E-state index contributed by atoms with van der Waals surface area (Å²) < 4.78 is 0. The predicted molar refractivity (Wildman–Crippen MR) is 90.2 cm³/mol. The first-order chi connectivity index (χ1) is 11.6. The molecular formula is C18H17N3O3. The van der Waals surface area contributed by atoms with E-state index in [2.05, 4.69) is 10.6 Å². The van der Waals surface area contributed by atoms with Crippen molar-refractivity contribution >= 4 is 23.5 Å². The minimum atomic E-state index is -0.934. The fourth-order valence-corrected chi connectivity index (χ4v) is 2.62. The smallest absolute Gasteiger partial charge is 0.323 e. The third kappa shape index (κ3) is 2.99. The van der Waals surface area contributed by atoms with E-state index in [4.69, 9.17) is 0 Å². The van der Waals surface area contributed by atoms with Crippen LogP contribution in [-0.4, -0.2) is 36.3 Å². The Morgan fingerprint density at radius 1 is 1.08 bits per heavy atom. The number of hydrogen-bond acceptors (Lipinski definition) is 3. The fourth-order valence-electron chi connectivity index (χ4n) is 2.62. The van der Waals surface area contributed by atoms with Crippen molar-refractivity contribution < 1.29 is 14.4 Å². The summed E-state index contributed by atoms with van der Waals surface area (Å²) in [5, 5.41) is 5.34. The van der Waals surface area contributed by atoms with Crippen LogP contribution in [0.2, 0.25) is 0 Å². The molecule has 0 spiro atoms. The maximum atomic E-state index is 12.5. The zero-order chi connectivity index (χ0) is 17.1. The molecule has 2 N–H and O–H groups in total. The van der Waals surface area contributed by atoms with Gasteiger partial charge in [0, 0.05) is 24.8 Å². The number of carbonyl (C=O) groups excluding carboxylic acids is 3. The molecule has 0 aliphatic carbocycles. The minimum Gasteiger partial charge on any atom is -0.336 e. The van der Waals surface area contributed by atoms with Crippen molar-refractivity contribution in [2.24, 2.45) is 5.92 Å². The number of amides is 4. The van der Waals surface area contributed by atoms with Gasteiger partial charge in [0.2, 0.25) is 11.8 Å². The predicted octanol–water partition coefficient (Wildman–Crippen LogP) is 2.09. The molecule has 6 heteroatoms. The zero-order valence-corrected chi connectivity index (χ0v) is 13.2. The van der Waals surface area contributed by atoms with Crippen molar-refractivity contribution in [3.63, 3.8) is 0 Å².